The van der Waals surface area contributed by atoms with E-state index < -0.39 is 0 Å². The van der Waals surface area contributed by atoms with Crippen LogP contribution >= 0.6 is 0 Å². The number of nitrogens with zero attached hydrogens (tertiary/aromatic N) is 1. The normalized spacial score (nSPS) is 27.1. The van der Waals surface area contributed by atoms with E-state index in [0.717, 1.165) is 45.6 Å². The zero-order valence-electron chi connectivity index (χ0n) is 11.3. The van der Waals surface area contributed by atoms with E-state index in [1.165, 1.54) is 0 Å². The molecule has 5 heteroatoms. The van der Waals surface area contributed by atoms with Crippen LogP contribution in [0.5, 0.6) is 0 Å². The van der Waals surface area contributed by atoms with Gasteiger partial charge in [0, 0.05) is 32.2 Å². The second-order valence-electron chi connectivity index (χ2n) is 5.18. The van der Waals surface area contributed by atoms with Crippen LogP contribution in [0.3, 0.4) is 0 Å². The minimum absolute atomic E-state index is 0.0504. The van der Waals surface area contributed by atoms with Crippen molar-refractivity contribution in [2.24, 2.45) is 0 Å². The van der Waals surface area contributed by atoms with Gasteiger partial charge < -0.3 is 20.3 Å². The molecule has 0 bridgehead atoms. The zero-order valence-corrected chi connectivity index (χ0v) is 11.3. The van der Waals surface area contributed by atoms with Gasteiger partial charge in [0.05, 0.1) is 19.1 Å². The van der Waals surface area contributed by atoms with Gasteiger partial charge >= 0.3 is 0 Å². The number of amides is 1. The highest BCUT2D eigenvalue weighted by Gasteiger charge is 2.22. The van der Waals surface area contributed by atoms with Gasteiger partial charge in [-0.15, -0.1) is 0 Å². The van der Waals surface area contributed by atoms with Crippen molar-refractivity contribution >= 4 is 5.91 Å². The maximum absolute atomic E-state index is 11.9. The van der Waals surface area contributed by atoms with Crippen LogP contribution in [-0.2, 0) is 9.53 Å². The average molecular weight is 255 g/mol. The maximum atomic E-state index is 11.9. The van der Waals surface area contributed by atoms with Crippen molar-refractivity contribution in [2.75, 3.05) is 39.3 Å². The number of hydrogen-bond donors (Lipinski definition) is 2. The minimum Gasteiger partial charge on any atom is -0.375 e. The molecule has 5 nitrogen and oxygen atoms in total. The highest BCUT2D eigenvalue weighted by molar-refractivity contribution is 5.76. The van der Waals surface area contributed by atoms with Crippen molar-refractivity contribution in [1.29, 1.82) is 0 Å². The fourth-order valence-electron chi connectivity index (χ4n) is 2.64. The number of carbonyl (C=O) groups excluding carboxylic acids is 1. The lowest BCUT2D eigenvalue weighted by Gasteiger charge is -2.32. The van der Waals surface area contributed by atoms with Crippen molar-refractivity contribution in [3.8, 4) is 0 Å². The number of piperidine rings is 1. The number of rotatable bonds is 4. The molecular formula is C13H25N3O2. The molecule has 1 unspecified atom stereocenters. The van der Waals surface area contributed by atoms with Crippen LogP contribution < -0.4 is 10.6 Å². The molecular weight excluding hydrogens is 230 g/mol. The molecule has 0 saturated carbocycles. The van der Waals surface area contributed by atoms with Gasteiger partial charge in [0.2, 0.25) is 5.91 Å². The first-order valence-corrected chi connectivity index (χ1v) is 7.12. The van der Waals surface area contributed by atoms with E-state index in [0.29, 0.717) is 19.1 Å². The Balaban J connectivity index is 1.65. The molecule has 2 aliphatic rings. The predicted molar refractivity (Wildman–Crippen MR) is 70.5 cm³/mol. The third kappa shape index (κ3) is 4.23. The molecule has 0 aromatic carbocycles. The lowest BCUT2D eigenvalue weighted by molar-refractivity contribution is -0.125. The molecule has 0 aromatic heterocycles. The Morgan fingerprint density at radius 2 is 2.22 bits per heavy atom. The second-order valence-corrected chi connectivity index (χ2v) is 5.18. The van der Waals surface area contributed by atoms with E-state index >= 15 is 0 Å². The molecule has 1 atom stereocenters. The molecule has 18 heavy (non-hydrogen) atoms. The van der Waals surface area contributed by atoms with Gasteiger partial charge in [0.1, 0.15) is 0 Å². The third-order valence-corrected chi connectivity index (χ3v) is 3.82. The molecule has 1 amide bonds. The second kappa shape index (κ2) is 7.07. The fraction of sp³-hybridized carbons (Fsp3) is 0.923. The van der Waals surface area contributed by atoms with E-state index in [2.05, 4.69) is 22.5 Å². The van der Waals surface area contributed by atoms with Crippen molar-refractivity contribution in [3.63, 3.8) is 0 Å². The lowest BCUT2D eigenvalue weighted by Crippen LogP contribution is -2.47. The summed E-state index contributed by atoms with van der Waals surface area (Å²) in [6.07, 6.45) is 2.68. The Morgan fingerprint density at radius 1 is 1.44 bits per heavy atom. The van der Waals surface area contributed by atoms with Crippen molar-refractivity contribution in [3.05, 3.63) is 0 Å². The van der Waals surface area contributed by atoms with Crippen molar-refractivity contribution < 1.29 is 9.53 Å². The summed E-state index contributed by atoms with van der Waals surface area (Å²) in [4.78, 5) is 14.3. The molecule has 0 spiro atoms. The number of likely N-dealkylation sites (tertiary alicyclic amines) is 1. The summed E-state index contributed by atoms with van der Waals surface area (Å²) in [5, 5.41) is 6.38. The monoisotopic (exact) mass is 255 g/mol. The first-order chi connectivity index (χ1) is 8.78. The highest BCUT2D eigenvalue weighted by atomic mass is 16.5. The summed E-state index contributed by atoms with van der Waals surface area (Å²) in [6, 6.07) is 0.358. The number of hydrogen-bond acceptors (Lipinski definition) is 4. The third-order valence-electron chi connectivity index (χ3n) is 3.82. The highest BCUT2D eigenvalue weighted by Crippen LogP contribution is 2.10. The number of carbonyl (C=O) groups is 1. The van der Waals surface area contributed by atoms with E-state index in [9.17, 15) is 4.79 Å². The SMILES string of the molecule is CCN1CCC(NC(=O)CC2CNCCO2)CC1. The molecule has 2 fully saturated rings. The van der Waals surface area contributed by atoms with E-state index in [-0.39, 0.29) is 12.0 Å². The smallest absolute Gasteiger partial charge is 0.222 e. The van der Waals surface area contributed by atoms with Crippen LogP contribution in [0.2, 0.25) is 0 Å². The van der Waals surface area contributed by atoms with Gasteiger partial charge in [0.25, 0.3) is 0 Å². The molecule has 0 aliphatic carbocycles. The van der Waals surface area contributed by atoms with Crippen LogP contribution in [0.4, 0.5) is 0 Å². The van der Waals surface area contributed by atoms with Gasteiger partial charge in [0.15, 0.2) is 0 Å². The summed E-state index contributed by atoms with van der Waals surface area (Å²) in [5.74, 6) is 0.138. The molecule has 2 aliphatic heterocycles. The largest absolute Gasteiger partial charge is 0.375 e. The molecule has 2 N–H and O–H groups in total. The van der Waals surface area contributed by atoms with Crippen molar-refractivity contribution in [2.45, 2.75) is 38.3 Å². The Bertz CT molecular complexity index is 259. The van der Waals surface area contributed by atoms with Crippen molar-refractivity contribution in [1.82, 2.24) is 15.5 Å². The quantitative estimate of drug-likeness (QED) is 0.740. The number of nitrogens with one attached hydrogen (secondary N) is 2. The fourth-order valence-corrected chi connectivity index (χ4v) is 2.64. The predicted octanol–water partition coefficient (Wildman–Crippen LogP) is -0.0346. The zero-order chi connectivity index (χ0) is 12.8. The van der Waals surface area contributed by atoms with Crippen LogP contribution in [0.15, 0.2) is 0 Å². The van der Waals surface area contributed by atoms with Gasteiger partial charge in [-0.1, -0.05) is 6.92 Å². The molecule has 2 rings (SSSR count). The van der Waals surface area contributed by atoms with E-state index in [4.69, 9.17) is 4.74 Å². The first kappa shape index (κ1) is 13.8. The Hall–Kier alpha value is -0.650. The van der Waals surface area contributed by atoms with Crippen LogP contribution in [-0.4, -0.2) is 62.3 Å². The average Bonchev–Trinajstić information content (AvgIpc) is 2.40. The summed E-state index contributed by atoms with van der Waals surface area (Å²) in [6.45, 7) is 7.91. The molecule has 2 saturated heterocycles. The van der Waals surface area contributed by atoms with E-state index in [1.54, 1.807) is 0 Å². The summed E-state index contributed by atoms with van der Waals surface area (Å²) in [7, 11) is 0. The van der Waals surface area contributed by atoms with Gasteiger partial charge in [-0.25, -0.2) is 0 Å². The maximum Gasteiger partial charge on any atom is 0.222 e. The van der Waals surface area contributed by atoms with Crippen LogP contribution in [0, 0.1) is 0 Å². The molecule has 0 aromatic rings. The topological polar surface area (TPSA) is 53.6 Å². The van der Waals surface area contributed by atoms with Gasteiger partial charge in [-0.3, -0.25) is 4.79 Å². The standard InChI is InChI=1S/C13H25N3O2/c1-2-16-6-3-11(4-7-16)15-13(17)9-12-10-14-5-8-18-12/h11-12,14H,2-10H2,1H3,(H,15,17). The summed E-state index contributed by atoms with van der Waals surface area (Å²) < 4.78 is 5.54. The Labute approximate surface area is 109 Å². The van der Waals surface area contributed by atoms with E-state index in [1.807, 2.05) is 0 Å². The molecule has 104 valence electrons. The first-order valence-electron chi connectivity index (χ1n) is 7.12. The summed E-state index contributed by atoms with van der Waals surface area (Å²) >= 11 is 0. The molecule has 2 heterocycles. The van der Waals surface area contributed by atoms with Crippen LogP contribution in [0.1, 0.15) is 26.2 Å². The Kier molecular flexibility index (Phi) is 5.41. The number of ether oxygens (including phenoxy) is 1. The van der Waals surface area contributed by atoms with Gasteiger partial charge in [-0.2, -0.15) is 0 Å². The van der Waals surface area contributed by atoms with Crippen LogP contribution in [0.25, 0.3) is 0 Å². The number of morpholine rings is 1. The minimum atomic E-state index is 0.0504. The lowest BCUT2D eigenvalue weighted by atomic mass is 10.0. The Morgan fingerprint density at radius 3 is 2.83 bits per heavy atom. The van der Waals surface area contributed by atoms with Gasteiger partial charge in [-0.05, 0) is 19.4 Å². The summed E-state index contributed by atoms with van der Waals surface area (Å²) in [5.41, 5.74) is 0. The molecule has 0 radical (unpaired) electrons.